The van der Waals surface area contributed by atoms with Crippen molar-refractivity contribution in [2.45, 2.75) is 51.6 Å². The zero-order chi connectivity index (χ0) is 18.2. The number of benzene rings is 1. The Balaban J connectivity index is 1.32. The van der Waals surface area contributed by atoms with Gasteiger partial charge in [0.2, 0.25) is 5.91 Å². The smallest absolute Gasteiger partial charge is 0.222 e. The minimum atomic E-state index is 0.223. The van der Waals surface area contributed by atoms with E-state index in [1.165, 1.54) is 18.4 Å². The van der Waals surface area contributed by atoms with E-state index in [-0.39, 0.29) is 6.10 Å². The third-order valence-corrected chi connectivity index (χ3v) is 5.94. The van der Waals surface area contributed by atoms with Crippen molar-refractivity contribution in [3.05, 3.63) is 35.9 Å². The summed E-state index contributed by atoms with van der Waals surface area (Å²) in [6, 6.07) is 10.6. The molecular weight excluding hydrogens is 324 g/mol. The van der Waals surface area contributed by atoms with Gasteiger partial charge in [0.1, 0.15) is 0 Å². The summed E-state index contributed by atoms with van der Waals surface area (Å²) in [5.41, 5.74) is 1.37. The number of nitrogens with one attached hydrogen (secondary N) is 1. The molecular formula is C22H34N2O2. The van der Waals surface area contributed by atoms with Gasteiger partial charge in [0.05, 0.1) is 6.10 Å². The second-order valence-corrected chi connectivity index (χ2v) is 8.00. The zero-order valence-electron chi connectivity index (χ0n) is 16.2. The largest absolute Gasteiger partial charge is 0.376 e. The molecule has 1 amide bonds. The molecule has 3 rings (SSSR count). The van der Waals surface area contributed by atoms with Gasteiger partial charge >= 0.3 is 0 Å². The van der Waals surface area contributed by atoms with Crippen molar-refractivity contribution in [2.24, 2.45) is 11.8 Å². The maximum atomic E-state index is 12.6. The lowest BCUT2D eigenvalue weighted by Crippen LogP contribution is -2.37. The summed E-state index contributed by atoms with van der Waals surface area (Å²) in [5.74, 6) is 1.44. The lowest BCUT2D eigenvalue weighted by molar-refractivity contribution is -0.132. The Morgan fingerprint density at radius 1 is 1.31 bits per heavy atom. The molecule has 1 N–H and O–H groups in total. The van der Waals surface area contributed by atoms with Crippen LogP contribution in [0, 0.1) is 11.8 Å². The Morgan fingerprint density at radius 3 is 2.92 bits per heavy atom. The van der Waals surface area contributed by atoms with Crippen molar-refractivity contribution in [1.82, 2.24) is 10.2 Å². The van der Waals surface area contributed by atoms with Crippen molar-refractivity contribution in [3.8, 4) is 0 Å². The van der Waals surface area contributed by atoms with Crippen LogP contribution in [-0.2, 0) is 16.0 Å². The fraction of sp³-hybridized carbons (Fsp3) is 0.682. The van der Waals surface area contributed by atoms with Gasteiger partial charge in [-0.3, -0.25) is 4.79 Å². The standard InChI is InChI=1S/C22H34N2O2/c1-18(20-10-5-12-23-16-20)15-22(25)24-13-11-21(17-24)26-14-6-9-19-7-3-2-4-8-19/h2-4,7-8,18,20-21,23H,5-6,9-17H2,1H3. The van der Waals surface area contributed by atoms with Gasteiger partial charge in [-0.05, 0) is 62.6 Å². The number of hydrogen-bond donors (Lipinski definition) is 1. The average molecular weight is 359 g/mol. The van der Waals surface area contributed by atoms with E-state index >= 15 is 0 Å². The van der Waals surface area contributed by atoms with Crippen LogP contribution >= 0.6 is 0 Å². The third kappa shape index (κ3) is 5.82. The summed E-state index contributed by atoms with van der Waals surface area (Å²) < 4.78 is 6.02. The molecule has 26 heavy (non-hydrogen) atoms. The number of carbonyl (C=O) groups excluding carboxylic acids is 1. The van der Waals surface area contributed by atoms with Crippen molar-refractivity contribution in [2.75, 3.05) is 32.8 Å². The molecule has 2 fully saturated rings. The monoisotopic (exact) mass is 358 g/mol. The molecule has 3 unspecified atom stereocenters. The van der Waals surface area contributed by atoms with Crippen LogP contribution < -0.4 is 5.32 Å². The summed E-state index contributed by atoms with van der Waals surface area (Å²) >= 11 is 0. The first-order valence-corrected chi connectivity index (χ1v) is 10.4. The van der Waals surface area contributed by atoms with Gasteiger partial charge in [0.25, 0.3) is 0 Å². The molecule has 0 radical (unpaired) electrons. The van der Waals surface area contributed by atoms with E-state index in [0.717, 1.165) is 52.0 Å². The fourth-order valence-corrected chi connectivity index (χ4v) is 4.20. The normalized spacial score (nSPS) is 24.6. The van der Waals surface area contributed by atoms with Gasteiger partial charge in [-0.15, -0.1) is 0 Å². The van der Waals surface area contributed by atoms with Gasteiger partial charge in [0.15, 0.2) is 0 Å². The highest BCUT2D eigenvalue weighted by Gasteiger charge is 2.29. The van der Waals surface area contributed by atoms with Crippen LogP contribution in [0.25, 0.3) is 0 Å². The number of nitrogens with zero attached hydrogens (tertiary/aromatic N) is 1. The summed E-state index contributed by atoms with van der Waals surface area (Å²) in [6.07, 6.45) is 6.49. The van der Waals surface area contributed by atoms with Crippen LogP contribution in [0.5, 0.6) is 0 Å². The lowest BCUT2D eigenvalue weighted by Gasteiger charge is -2.29. The molecule has 0 saturated carbocycles. The molecule has 2 aliphatic rings. The SMILES string of the molecule is CC(CC(=O)N1CCC(OCCCc2ccccc2)C1)C1CCCNC1. The molecule has 3 atom stereocenters. The molecule has 0 aliphatic carbocycles. The first kappa shape index (κ1) is 19.4. The molecule has 2 saturated heterocycles. The maximum absolute atomic E-state index is 12.6. The number of rotatable bonds is 8. The second kappa shape index (κ2) is 10.1. The Morgan fingerprint density at radius 2 is 2.15 bits per heavy atom. The maximum Gasteiger partial charge on any atom is 0.222 e. The third-order valence-electron chi connectivity index (χ3n) is 5.94. The molecule has 2 aliphatic heterocycles. The minimum absolute atomic E-state index is 0.223. The zero-order valence-corrected chi connectivity index (χ0v) is 16.2. The molecule has 2 heterocycles. The van der Waals surface area contributed by atoms with Crippen LogP contribution in [0.3, 0.4) is 0 Å². The van der Waals surface area contributed by atoms with E-state index in [9.17, 15) is 4.79 Å². The number of aryl methyl sites for hydroxylation is 1. The van der Waals surface area contributed by atoms with Gasteiger partial charge in [-0.1, -0.05) is 37.3 Å². The summed E-state index contributed by atoms with van der Waals surface area (Å²) in [7, 11) is 0. The lowest BCUT2D eigenvalue weighted by atomic mass is 9.85. The number of likely N-dealkylation sites (tertiary alicyclic amines) is 1. The summed E-state index contributed by atoms with van der Waals surface area (Å²) in [4.78, 5) is 14.6. The van der Waals surface area contributed by atoms with Gasteiger partial charge < -0.3 is 15.0 Å². The van der Waals surface area contributed by atoms with Crippen LogP contribution in [0.2, 0.25) is 0 Å². The molecule has 4 heteroatoms. The quantitative estimate of drug-likeness (QED) is 0.725. The fourth-order valence-electron chi connectivity index (χ4n) is 4.20. The summed E-state index contributed by atoms with van der Waals surface area (Å²) in [6.45, 7) is 6.86. The number of carbonyl (C=O) groups is 1. The Bertz CT molecular complexity index is 542. The van der Waals surface area contributed by atoms with E-state index in [1.807, 2.05) is 4.90 Å². The van der Waals surface area contributed by atoms with Crippen molar-refractivity contribution in [3.63, 3.8) is 0 Å². The first-order valence-electron chi connectivity index (χ1n) is 10.4. The molecule has 1 aromatic carbocycles. The number of hydrogen-bond acceptors (Lipinski definition) is 3. The van der Waals surface area contributed by atoms with Crippen LogP contribution in [0.1, 0.15) is 44.6 Å². The highest BCUT2D eigenvalue weighted by molar-refractivity contribution is 5.76. The number of piperidine rings is 1. The van der Waals surface area contributed by atoms with E-state index in [2.05, 4.69) is 42.6 Å². The van der Waals surface area contributed by atoms with Crippen LogP contribution in [0.15, 0.2) is 30.3 Å². The molecule has 4 nitrogen and oxygen atoms in total. The number of ether oxygens (including phenoxy) is 1. The summed E-state index contributed by atoms with van der Waals surface area (Å²) in [5, 5.41) is 3.46. The van der Waals surface area contributed by atoms with Crippen LogP contribution in [0.4, 0.5) is 0 Å². The van der Waals surface area contributed by atoms with E-state index in [1.54, 1.807) is 0 Å². The van der Waals surface area contributed by atoms with E-state index < -0.39 is 0 Å². The second-order valence-electron chi connectivity index (χ2n) is 8.00. The van der Waals surface area contributed by atoms with Crippen molar-refractivity contribution < 1.29 is 9.53 Å². The Kier molecular flexibility index (Phi) is 7.51. The predicted molar refractivity (Wildman–Crippen MR) is 105 cm³/mol. The first-order chi connectivity index (χ1) is 12.7. The van der Waals surface area contributed by atoms with Crippen LogP contribution in [-0.4, -0.2) is 49.7 Å². The van der Waals surface area contributed by atoms with Gasteiger partial charge in [0, 0.05) is 26.1 Å². The predicted octanol–water partition coefficient (Wildman–Crippen LogP) is 3.26. The Labute approximate surface area is 158 Å². The molecule has 1 aromatic rings. The molecule has 0 aromatic heterocycles. The highest BCUT2D eigenvalue weighted by atomic mass is 16.5. The number of amides is 1. The molecule has 0 bridgehead atoms. The minimum Gasteiger partial charge on any atom is -0.376 e. The average Bonchev–Trinajstić information content (AvgIpc) is 3.16. The van der Waals surface area contributed by atoms with E-state index in [4.69, 9.17) is 4.74 Å². The van der Waals surface area contributed by atoms with Gasteiger partial charge in [-0.25, -0.2) is 0 Å². The van der Waals surface area contributed by atoms with Crippen molar-refractivity contribution >= 4 is 5.91 Å². The highest BCUT2D eigenvalue weighted by Crippen LogP contribution is 2.24. The van der Waals surface area contributed by atoms with E-state index in [0.29, 0.717) is 24.2 Å². The topological polar surface area (TPSA) is 41.6 Å². The Hall–Kier alpha value is -1.39. The van der Waals surface area contributed by atoms with Gasteiger partial charge in [-0.2, -0.15) is 0 Å². The molecule has 0 spiro atoms. The van der Waals surface area contributed by atoms with Crippen molar-refractivity contribution in [1.29, 1.82) is 0 Å². The molecule has 144 valence electrons.